The third-order valence-corrected chi connectivity index (χ3v) is 5.58. The van der Waals surface area contributed by atoms with E-state index < -0.39 is 0 Å². The van der Waals surface area contributed by atoms with Gasteiger partial charge in [-0.25, -0.2) is 4.98 Å². The molecule has 1 atom stereocenters. The summed E-state index contributed by atoms with van der Waals surface area (Å²) in [6.45, 7) is 6.15. The number of piperidine rings is 1. The lowest BCUT2D eigenvalue weighted by atomic mass is 9.97. The van der Waals surface area contributed by atoms with E-state index in [1.165, 1.54) is 41.3 Å². The van der Waals surface area contributed by atoms with Gasteiger partial charge in [-0.3, -0.25) is 4.79 Å². The Kier molecular flexibility index (Phi) is 4.36. The number of pyridine rings is 1. The van der Waals surface area contributed by atoms with Crippen molar-refractivity contribution in [2.75, 3.05) is 24.6 Å². The molecule has 2 aromatic rings. The van der Waals surface area contributed by atoms with Crippen LogP contribution in [0.1, 0.15) is 42.9 Å². The molecule has 1 fully saturated rings. The van der Waals surface area contributed by atoms with E-state index in [1.807, 2.05) is 6.92 Å². The Labute approximate surface area is 149 Å². The van der Waals surface area contributed by atoms with Crippen LogP contribution in [0.4, 0.5) is 5.82 Å². The van der Waals surface area contributed by atoms with Gasteiger partial charge in [0.15, 0.2) is 0 Å². The molecular formula is C21H26N2O2. The molecule has 0 spiro atoms. The molecule has 0 amide bonds. The van der Waals surface area contributed by atoms with Crippen molar-refractivity contribution >= 4 is 22.7 Å². The minimum atomic E-state index is -0.0671. The van der Waals surface area contributed by atoms with E-state index in [0.717, 1.165) is 30.7 Å². The zero-order valence-electron chi connectivity index (χ0n) is 15.2. The van der Waals surface area contributed by atoms with E-state index in [-0.39, 0.29) is 11.9 Å². The number of carbonyl (C=O) groups excluding carboxylic acids is 1. The van der Waals surface area contributed by atoms with Gasteiger partial charge in [0.2, 0.25) is 0 Å². The number of hydrogen-bond donors (Lipinski definition) is 0. The fourth-order valence-corrected chi connectivity index (χ4v) is 4.25. The molecule has 2 aliphatic rings. The molecule has 1 aromatic heterocycles. The fraction of sp³-hybridized carbons (Fsp3) is 0.524. The Bertz CT molecular complexity index is 815. The quantitative estimate of drug-likeness (QED) is 0.798. The molecule has 1 saturated heterocycles. The van der Waals surface area contributed by atoms with Gasteiger partial charge in [-0.15, -0.1) is 0 Å². The Balaban J connectivity index is 1.64. The standard InChI is InChI=1S/C21H26N2O2/c1-3-25-21(24)17-8-5-9-23(13-17)20-10-14(2)18-11-15-6-4-7-16(15)12-19(18)22-20/h10-12,17H,3-9,13H2,1-2H3/t17-/m0/s1. The van der Waals surface area contributed by atoms with Crippen LogP contribution >= 0.6 is 0 Å². The Morgan fingerprint density at radius 2 is 2.04 bits per heavy atom. The maximum absolute atomic E-state index is 12.1. The van der Waals surface area contributed by atoms with Gasteiger partial charge in [-0.2, -0.15) is 0 Å². The van der Waals surface area contributed by atoms with Crippen molar-refractivity contribution in [1.29, 1.82) is 0 Å². The third kappa shape index (κ3) is 3.10. The summed E-state index contributed by atoms with van der Waals surface area (Å²) in [5.74, 6) is 0.894. The van der Waals surface area contributed by atoms with E-state index in [1.54, 1.807) is 0 Å². The number of anilines is 1. The number of benzene rings is 1. The van der Waals surface area contributed by atoms with Crippen molar-refractivity contribution in [3.05, 3.63) is 34.9 Å². The molecule has 0 bridgehead atoms. The highest BCUT2D eigenvalue weighted by Gasteiger charge is 2.28. The fourth-order valence-electron chi connectivity index (χ4n) is 4.25. The van der Waals surface area contributed by atoms with Crippen molar-refractivity contribution in [3.8, 4) is 0 Å². The monoisotopic (exact) mass is 338 g/mol. The molecule has 0 saturated carbocycles. The van der Waals surface area contributed by atoms with E-state index >= 15 is 0 Å². The first-order valence-electron chi connectivity index (χ1n) is 9.50. The predicted octanol–water partition coefficient (Wildman–Crippen LogP) is 3.81. The summed E-state index contributed by atoms with van der Waals surface area (Å²) >= 11 is 0. The van der Waals surface area contributed by atoms with E-state index in [4.69, 9.17) is 9.72 Å². The van der Waals surface area contributed by atoms with Crippen LogP contribution in [0.2, 0.25) is 0 Å². The van der Waals surface area contributed by atoms with Crippen LogP contribution < -0.4 is 4.90 Å². The molecule has 1 aliphatic heterocycles. The number of nitrogens with zero attached hydrogens (tertiary/aromatic N) is 2. The highest BCUT2D eigenvalue weighted by molar-refractivity contribution is 5.86. The average molecular weight is 338 g/mol. The first kappa shape index (κ1) is 16.4. The zero-order chi connectivity index (χ0) is 17.4. The van der Waals surface area contributed by atoms with Crippen LogP contribution in [0.5, 0.6) is 0 Å². The number of esters is 1. The number of rotatable bonds is 3. The number of aromatic nitrogens is 1. The molecule has 4 rings (SSSR count). The summed E-state index contributed by atoms with van der Waals surface area (Å²) in [7, 11) is 0. The smallest absolute Gasteiger partial charge is 0.310 e. The maximum Gasteiger partial charge on any atom is 0.310 e. The highest BCUT2D eigenvalue weighted by atomic mass is 16.5. The number of carbonyl (C=O) groups is 1. The molecule has 0 radical (unpaired) electrons. The SMILES string of the molecule is CCOC(=O)[C@H]1CCCN(c2cc(C)c3cc4c(cc3n2)CCC4)C1. The molecule has 2 heterocycles. The number of aryl methyl sites for hydroxylation is 3. The second kappa shape index (κ2) is 6.66. The first-order chi connectivity index (χ1) is 12.2. The zero-order valence-corrected chi connectivity index (χ0v) is 15.2. The summed E-state index contributed by atoms with van der Waals surface area (Å²) < 4.78 is 5.22. The topological polar surface area (TPSA) is 42.4 Å². The van der Waals surface area contributed by atoms with E-state index in [9.17, 15) is 4.79 Å². The van der Waals surface area contributed by atoms with Crippen LogP contribution in [-0.2, 0) is 22.4 Å². The normalized spacial score (nSPS) is 19.9. The summed E-state index contributed by atoms with van der Waals surface area (Å²) in [6, 6.07) is 6.79. The largest absolute Gasteiger partial charge is 0.466 e. The molecule has 0 unspecified atom stereocenters. The van der Waals surface area contributed by atoms with Gasteiger partial charge in [0.1, 0.15) is 5.82 Å². The average Bonchev–Trinajstić information content (AvgIpc) is 3.08. The second-order valence-corrected chi connectivity index (χ2v) is 7.33. The lowest BCUT2D eigenvalue weighted by Gasteiger charge is -2.32. The molecule has 0 N–H and O–H groups in total. The molecule has 4 heteroatoms. The summed E-state index contributed by atoms with van der Waals surface area (Å²) in [4.78, 5) is 19.3. The van der Waals surface area contributed by atoms with Gasteiger partial charge in [-0.1, -0.05) is 0 Å². The highest BCUT2D eigenvalue weighted by Crippen LogP contribution is 2.31. The van der Waals surface area contributed by atoms with Crippen LogP contribution in [0.3, 0.4) is 0 Å². The number of hydrogen-bond acceptors (Lipinski definition) is 4. The molecule has 1 aromatic carbocycles. The predicted molar refractivity (Wildman–Crippen MR) is 100 cm³/mol. The molecule has 132 valence electrons. The Morgan fingerprint density at radius 3 is 2.84 bits per heavy atom. The van der Waals surface area contributed by atoms with Crippen molar-refractivity contribution in [3.63, 3.8) is 0 Å². The Hall–Kier alpha value is -2.10. The first-order valence-corrected chi connectivity index (χ1v) is 9.50. The molecular weight excluding hydrogens is 312 g/mol. The molecule has 1 aliphatic carbocycles. The van der Waals surface area contributed by atoms with Crippen molar-refractivity contribution in [1.82, 2.24) is 4.98 Å². The minimum Gasteiger partial charge on any atom is -0.466 e. The third-order valence-electron chi connectivity index (χ3n) is 5.58. The van der Waals surface area contributed by atoms with Gasteiger partial charge in [0, 0.05) is 18.5 Å². The van der Waals surface area contributed by atoms with Crippen LogP contribution in [-0.4, -0.2) is 30.6 Å². The van der Waals surface area contributed by atoms with Crippen LogP contribution in [0.15, 0.2) is 18.2 Å². The van der Waals surface area contributed by atoms with Crippen LogP contribution in [0, 0.1) is 12.8 Å². The molecule has 25 heavy (non-hydrogen) atoms. The van der Waals surface area contributed by atoms with Crippen LogP contribution in [0.25, 0.3) is 10.9 Å². The second-order valence-electron chi connectivity index (χ2n) is 7.33. The lowest BCUT2D eigenvalue weighted by Crippen LogP contribution is -2.39. The van der Waals surface area contributed by atoms with Gasteiger partial charge in [0.25, 0.3) is 0 Å². The number of ether oxygens (including phenoxy) is 1. The van der Waals surface area contributed by atoms with E-state index in [0.29, 0.717) is 13.2 Å². The van der Waals surface area contributed by atoms with Gasteiger partial charge < -0.3 is 9.64 Å². The van der Waals surface area contributed by atoms with Crippen molar-refractivity contribution in [2.24, 2.45) is 5.92 Å². The summed E-state index contributed by atoms with van der Waals surface area (Å²) in [5, 5.41) is 1.27. The minimum absolute atomic E-state index is 0.0356. The van der Waals surface area contributed by atoms with Gasteiger partial charge in [0.05, 0.1) is 18.0 Å². The maximum atomic E-state index is 12.1. The summed E-state index contributed by atoms with van der Waals surface area (Å²) in [6.07, 6.45) is 5.54. The van der Waals surface area contributed by atoms with Crippen molar-refractivity contribution in [2.45, 2.75) is 46.0 Å². The van der Waals surface area contributed by atoms with E-state index in [2.05, 4.69) is 30.0 Å². The van der Waals surface area contributed by atoms with Gasteiger partial charge in [-0.05, 0) is 80.8 Å². The van der Waals surface area contributed by atoms with Crippen molar-refractivity contribution < 1.29 is 9.53 Å². The summed E-state index contributed by atoms with van der Waals surface area (Å²) in [5.41, 5.74) is 5.31. The van der Waals surface area contributed by atoms with Gasteiger partial charge >= 0.3 is 5.97 Å². The molecule has 4 nitrogen and oxygen atoms in total. The lowest BCUT2D eigenvalue weighted by molar-refractivity contribution is -0.148. The Morgan fingerprint density at radius 1 is 1.24 bits per heavy atom. The number of fused-ring (bicyclic) bond motifs is 2.